The fourth-order valence-electron chi connectivity index (χ4n) is 4.67. The first-order valence-corrected chi connectivity index (χ1v) is 12.0. The van der Waals surface area contributed by atoms with Crippen LogP contribution in [0.15, 0.2) is 36.7 Å². The van der Waals surface area contributed by atoms with Crippen LogP contribution in [-0.4, -0.2) is 73.3 Å². The molecule has 2 fully saturated rings. The Hall–Kier alpha value is -2.45. The van der Waals surface area contributed by atoms with Gasteiger partial charge in [-0.3, -0.25) is 4.90 Å². The standard InChI is InChI=1S/C24H36FN7/c25-20-6-4-8-22(16-20)32-11-5-7-21(18-32)29-23-17-24(28-19-27-23)31-14-12-30(13-15-31)10-3-1-2-9-26/h4,6,8,16-17,19,21H,1-3,5,7,9-15,18,26H2,(H,27,28,29)/t21-/m1/s1. The summed E-state index contributed by atoms with van der Waals surface area (Å²) in [5.41, 5.74) is 6.53. The van der Waals surface area contributed by atoms with E-state index < -0.39 is 0 Å². The summed E-state index contributed by atoms with van der Waals surface area (Å²) in [6.07, 6.45) is 7.37. The number of rotatable bonds is 9. The van der Waals surface area contributed by atoms with E-state index in [1.54, 1.807) is 18.5 Å². The van der Waals surface area contributed by atoms with E-state index in [1.807, 2.05) is 6.07 Å². The molecule has 2 aromatic rings. The summed E-state index contributed by atoms with van der Waals surface area (Å²) in [4.78, 5) is 16.1. The third kappa shape index (κ3) is 6.29. The second-order valence-electron chi connectivity index (χ2n) is 8.85. The minimum atomic E-state index is -0.186. The zero-order valence-corrected chi connectivity index (χ0v) is 18.9. The molecular weight excluding hydrogens is 405 g/mol. The number of benzene rings is 1. The van der Waals surface area contributed by atoms with Crippen LogP contribution in [0.25, 0.3) is 0 Å². The van der Waals surface area contributed by atoms with Crippen LogP contribution in [0.1, 0.15) is 32.1 Å². The Labute approximate surface area is 190 Å². The molecule has 0 spiro atoms. The molecule has 0 bridgehead atoms. The van der Waals surface area contributed by atoms with Crippen LogP contribution in [0.2, 0.25) is 0 Å². The molecule has 0 aliphatic carbocycles. The van der Waals surface area contributed by atoms with Crippen molar-refractivity contribution in [3.63, 3.8) is 0 Å². The highest BCUT2D eigenvalue weighted by molar-refractivity contribution is 5.51. The molecule has 3 N–H and O–H groups in total. The molecule has 2 aliphatic rings. The van der Waals surface area contributed by atoms with E-state index >= 15 is 0 Å². The monoisotopic (exact) mass is 441 g/mol. The molecule has 0 radical (unpaired) electrons. The van der Waals surface area contributed by atoms with Crippen LogP contribution in [0.3, 0.4) is 0 Å². The van der Waals surface area contributed by atoms with Crippen LogP contribution in [0.4, 0.5) is 21.7 Å². The molecule has 32 heavy (non-hydrogen) atoms. The number of nitrogens with zero attached hydrogens (tertiary/aromatic N) is 5. The summed E-state index contributed by atoms with van der Waals surface area (Å²) in [5, 5.41) is 3.59. The van der Waals surface area contributed by atoms with E-state index in [-0.39, 0.29) is 11.9 Å². The van der Waals surface area contributed by atoms with Crippen molar-refractivity contribution >= 4 is 17.3 Å². The van der Waals surface area contributed by atoms with Crippen LogP contribution in [-0.2, 0) is 0 Å². The van der Waals surface area contributed by atoms with Gasteiger partial charge < -0.3 is 20.9 Å². The second kappa shape index (κ2) is 11.4. The van der Waals surface area contributed by atoms with E-state index in [1.165, 1.54) is 18.9 Å². The third-order valence-electron chi connectivity index (χ3n) is 6.47. The number of piperazine rings is 1. The highest BCUT2D eigenvalue weighted by Gasteiger charge is 2.22. The first kappa shape index (κ1) is 22.7. The Morgan fingerprint density at radius 1 is 1.00 bits per heavy atom. The largest absolute Gasteiger partial charge is 0.369 e. The van der Waals surface area contributed by atoms with Gasteiger partial charge in [-0.05, 0) is 57.0 Å². The Kier molecular flexibility index (Phi) is 8.12. The molecule has 1 aromatic heterocycles. The zero-order chi connectivity index (χ0) is 22.2. The molecule has 3 heterocycles. The Morgan fingerprint density at radius 2 is 1.88 bits per heavy atom. The van der Waals surface area contributed by atoms with Crippen molar-refractivity contribution in [2.24, 2.45) is 5.73 Å². The quantitative estimate of drug-likeness (QED) is 0.580. The van der Waals surface area contributed by atoms with Gasteiger partial charge in [0.25, 0.3) is 0 Å². The molecule has 7 nitrogen and oxygen atoms in total. The van der Waals surface area contributed by atoms with Gasteiger partial charge in [0, 0.05) is 57.1 Å². The first-order valence-electron chi connectivity index (χ1n) is 12.0. The number of nitrogens with one attached hydrogen (secondary N) is 1. The number of anilines is 3. The molecule has 4 rings (SSSR count). The van der Waals surface area contributed by atoms with Crippen LogP contribution in [0.5, 0.6) is 0 Å². The van der Waals surface area contributed by atoms with E-state index in [0.717, 1.165) is 88.9 Å². The number of aromatic nitrogens is 2. The zero-order valence-electron chi connectivity index (χ0n) is 18.9. The fourth-order valence-corrected chi connectivity index (χ4v) is 4.67. The van der Waals surface area contributed by atoms with Gasteiger partial charge in [-0.25, -0.2) is 14.4 Å². The summed E-state index contributed by atoms with van der Waals surface area (Å²) >= 11 is 0. The Bertz CT molecular complexity index is 841. The van der Waals surface area contributed by atoms with Crippen LogP contribution >= 0.6 is 0 Å². The lowest BCUT2D eigenvalue weighted by atomic mass is 10.0. The maximum atomic E-state index is 13.6. The number of hydrogen-bond acceptors (Lipinski definition) is 7. The van der Waals surface area contributed by atoms with Gasteiger partial charge >= 0.3 is 0 Å². The molecule has 1 atom stereocenters. The highest BCUT2D eigenvalue weighted by atomic mass is 19.1. The number of unbranched alkanes of at least 4 members (excludes halogenated alkanes) is 2. The number of halogens is 1. The van der Waals surface area contributed by atoms with Crippen LogP contribution in [0, 0.1) is 5.82 Å². The topological polar surface area (TPSA) is 73.6 Å². The predicted octanol–water partition coefficient (Wildman–Crippen LogP) is 2.95. The van der Waals surface area contributed by atoms with Gasteiger partial charge in [0.15, 0.2) is 0 Å². The fraction of sp³-hybridized carbons (Fsp3) is 0.583. The van der Waals surface area contributed by atoms with Crippen molar-refractivity contribution in [2.45, 2.75) is 38.1 Å². The number of hydrogen-bond donors (Lipinski definition) is 2. The van der Waals surface area contributed by atoms with E-state index in [2.05, 4.69) is 36.1 Å². The Balaban J connectivity index is 1.29. The molecule has 0 amide bonds. The normalized spacial score (nSPS) is 19.9. The summed E-state index contributed by atoms with van der Waals surface area (Å²) in [7, 11) is 0. The minimum Gasteiger partial charge on any atom is -0.369 e. The summed E-state index contributed by atoms with van der Waals surface area (Å²) in [5.74, 6) is 1.67. The van der Waals surface area contributed by atoms with Crippen molar-refractivity contribution in [3.05, 3.63) is 42.5 Å². The molecular formula is C24H36FN7. The summed E-state index contributed by atoms with van der Waals surface area (Å²) in [6, 6.07) is 9.21. The molecule has 0 saturated carbocycles. The van der Waals surface area contributed by atoms with Crippen LogP contribution < -0.4 is 20.9 Å². The van der Waals surface area contributed by atoms with E-state index in [0.29, 0.717) is 0 Å². The maximum absolute atomic E-state index is 13.6. The molecule has 8 heteroatoms. The average Bonchev–Trinajstić information content (AvgIpc) is 2.83. The summed E-state index contributed by atoms with van der Waals surface area (Å²) in [6.45, 7) is 7.86. The second-order valence-corrected chi connectivity index (χ2v) is 8.85. The molecule has 174 valence electrons. The number of nitrogens with two attached hydrogens (primary N) is 1. The lowest BCUT2D eigenvalue weighted by molar-refractivity contribution is 0.252. The van der Waals surface area contributed by atoms with Crippen molar-refractivity contribution in [2.75, 3.05) is 67.5 Å². The van der Waals surface area contributed by atoms with Gasteiger partial charge in [-0.2, -0.15) is 0 Å². The predicted molar refractivity (Wildman–Crippen MR) is 129 cm³/mol. The highest BCUT2D eigenvalue weighted by Crippen LogP contribution is 2.23. The SMILES string of the molecule is NCCCCCN1CCN(c2cc(N[C@@H]3CCCN(c4cccc(F)c4)C3)ncn2)CC1. The first-order chi connectivity index (χ1) is 15.7. The van der Waals surface area contributed by atoms with E-state index in [4.69, 9.17) is 5.73 Å². The molecule has 2 aliphatic heterocycles. The van der Waals surface area contributed by atoms with Crippen molar-refractivity contribution in [3.8, 4) is 0 Å². The van der Waals surface area contributed by atoms with Gasteiger partial charge in [0.1, 0.15) is 23.8 Å². The van der Waals surface area contributed by atoms with Gasteiger partial charge in [-0.15, -0.1) is 0 Å². The molecule has 2 saturated heterocycles. The minimum absolute atomic E-state index is 0.186. The Morgan fingerprint density at radius 3 is 2.69 bits per heavy atom. The maximum Gasteiger partial charge on any atom is 0.134 e. The molecule has 0 unspecified atom stereocenters. The smallest absolute Gasteiger partial charge is 0.134 e. The van der Waals surface area contributed by atoms with Gasteiger partial charge in [0.2, 0.25) is 0 Å². The lowest BCUT2D eigenvalue weighted by Gasteiger charge is -2.36. The third-order valence-corrected chi connectivity index (χ3v) is 6.47. The van der Waals surface area contributed by atoms with Gasteiger partial charge in [0.05, 0.1) is 0 Å². The molecule has 1 aromatic carbocycles. The lowest BCUT2D eigenvalue weighted by Crippen LogP contribution is -2.47. The van der Waals surface area contributed by atoms with Crippen molar-refractivity contribution in [1.82, 2.24) is 14.9 Å². The van der Waals surface area contributed by atoms with Crippen molar-refractivity contribution < 1.29 is 4.39 Å². The van der Waals surface area contributed by atoms with Crippen molar-refractivity contribution in [1.29, 1.82) is 0 Å². The number of piperidine rings is 1. The van der Waals surface area contributed by atoms with E-state index in [9.17, 15) is 4.39 Å². The average molecular weight is 442 g/mol. The van der Waals surface area contributed by atoms with Gasteiger partial charge in [-0.1, -0.05) is 12.5 Å². The summed E-state index contributed by atoms with van der Waals surface area (Å²) < 4.78 is 13.6.